The van der Waals surface area contributed by atoms with Crippen molar-refractivity contribution in [3.05, 3.63) is 68.5 Å². The van der Waals surface area contributed by atoms with Crippen LogP contribution in [-0.4, -0.2) is 41.6 Å². The van der Waals surface area contributed by atoms with Gasteiger partial charge in [-0.1, -0.05) is 23.7 Å². The van der Waals surface area contributed by atoms with E-state index in [-0.39, 0.29) is 21.2 Å². The zero-order valence-corrected chi connectivity index (χ0v) is 18.9. The zero-order chi connectivity index (χ0) is 22.9. The van der Waals surface area contributed by atoms with Gasteiger partial charge in [-0.2, -0.15) is 4.31 Å². The third-order valence-electron chi connectivity index (χ3n) is 4.98. The van der Waals surface area contributed by atoms with E-state index in [2.05, 4.69) is 10.3 Å². The van der Waals surface area contributed by atoms with Gasteiger partial charge in [0.05, 0.1) is 15.5 Å². The van der Waals surface area contributed by atoms with Gasteiger partial charge in [-0.25, -0.2) is 13.4 Å². The van der Waals surface area contributed by atoms with Gasteiger partial charge in [-0.15, -0.1) is 11.3 Å². The first kappa shape index (κ1) is 22.3. The minimum atomic E-state index is -3.49. The SMILES string of the molecule is O=C(Nc1nc(-c2ccc(S(=O)(=O)N3CCCC3)cc2)cs1)c1ccc(Cl)c([N+](=O)[O-])c1. The fourth-order valence-corrected chi connectivity index (χ4v) is 5.72. The maximum Gasteiger partial charge on any atom is 0.288 e. The number of aromatic nitrogens is 1. The number of nitrogens with zero attached hydrogens (tertiary/aromatic N) is 3. The summed E-state index contributed by atoms with van der Waals surface area (Å²) in [6.07, 6.45) is 1.74. The molecule has 1 fully saturated rings. The van der Waals surface area contributed by atoms with E-state index in [1.54, 1.807) is 29.6 Å². The maximum absolute atomic E-state index is 12.6. The summed E-state index contributed by atoms with van der Waals surface area (Å²) < 4.78 is 26.8. The van der Waals surface area contributed by atoms with E-state index in [0.717, 1.165) is 18.9 Å². The highest BCUT2D eigenvalue weighted by molar-refractivity contribution is 7.89. The van der Waals surface area contributed by atoms with Crippen molar-refractivity contribution < 1.29 is 18.1 Å². The van der Waals surface area contributed by atoms with Gasteiger partial charge in [0, 0.05) is 35.7 Å². The van der Waals surface area contributed by atoms with Crippen molar-refractivity contribution in [3.63, 3.8) is 0 Å². The topological polar surface area (TPSA) is 123 Å². The van der Waals surface area contributed by atoms with E-state index in [9.17, 15) is 23.3 Å². The van der Waals surface area contributed by atoms with Crippen LogP contribution in [0, 0.1) is 10.1 Å². The molecule has 2 heterocycles. The van der Waals surface area contributed by atoms with Gasteiger partial charge in [-0.3, -0.25) is 20.2 Å². The lowest BCUT2D eigenvalue weighted by atomic mass is 10.2. The number of hydrogen-bond acceptors (Lipinski definition) is 7. The molecular formula is C20H17ClN4O5S2. The molecule has 1 saturated heterocycles. The highest BCUT2D eigenvalue weighted by Crippen LogP contribution is 2.29. The second-order valence-corrected chi connectivity index (χ2v) is 10.3. The van der Waals surface area contributed by atoms with Crippen molar-refractivity contribution >= 4 is 49.7 Å². The average molecular weight is 493 g/mol. The van der Waals surface area contributed by atoms with Gasteiger partial charge in [-0.05, 0) is 37.1 Å². The number of amides is 1. The van der Waals surface area contributed by atoms with Gasteiger partial charge in [0.2, 0.25) is 10.0 Å². The average Bonchev–Trinajstić information content (AvgIpc) is 3.47. The Kier molecular flexibility index (Phi) is 6.24. The molecule has 1 aliphatic heterocycles. The third kappa shape index (κ3) is 4.51. The molecule has 0 spiro atoms. The Morgan fingerprint density at radius 1 is 1.16 bits per heavy atom. The number of rotatable bonds is 6. The smallest absolute Gasteiger partial charge is 0.288 e. The first-order chi connectivity index (χ1) is 15.3. The number of carbonyl (C=O) groups is 1. The Labute approximate surface area is 192 Å². The molecule has 166 valence electrons. The van der Waals surface area contributed by atoms with Gasteiger partial charge in [0.25, 0.3) is 11.6 Å². The molecule has 0 bridgehead atoms. The lowest BCUT2D eigenvalue weighted by molar-refractivity contribution is -0.384. The number of nitrogens with one attached hydrogen (secondary N) is 1. The first-order valence-electron chi connectivity index (χ1n) is 9.57. The highest BCUT2D eigenvalue weighted by Gasteiger charge is 2.27. The Bertz CT molecular complexity index is 1290. The fraction of sp³-hybridized carbons (Fsp3) is 0.200. The van der Waals surface area contributed by atoms with Gasteiger partial charge in [0.15, 0.2) is 5.13 Å². The second kappa shape index (κ2) is 8.94. The summed E-state index contributed by atoms with van der Waals surface area (Å²) in [7, 11) is -3.49. The van der Waals surface area contributed by atoms with Gasteiger partial charge < -0.3 is 0 Å². The number of anilines is 1. The van der Waals surface area contributed by atoms with E-state index in [0.29, 0.717) is 29.5 Å². The van der Waals surface area contributed by atoms with Crippen LogP contribution in [0.2, 0.25) is 5.02 Å². The number of thiazole rings is 1. The molecule has 3 aromatic rings. The van der Waals surface area contributed by atoms with Crippen molar-refractivity contribution in [1.29, 1.82) is 0 Å². The van der Waals surface area contributed by atoms with Crippen LogP contribution >= 0.6 is 22.9 Å². The van der Waals surface area contributed by atoms with Crippen LogP contribution in [0.1, 0.15) is 23.2 Å². The Balaban J connectivity index is 1.49. The third-order valence-corrected chi connectivity index (χ3v) is 7.97. The van der Waals surface area contributed by atoms with Crippen LogP contribution in [0.5, 0.6) is 0 Å². The molecule has 0 atom stereocenters. The van der Waals surface area contributed by atoms with Crippen molar-refractivity contribution in [1.82, 2.24) is 9.29 Å². The lowest BCUT2D eigenvalue weighted by Crippen LogP contribution is -2.27. The molecular weight excluding hydrogens is 476 g/mol. The fourth-order valence-electron chi connectivity index (χ4n) is 3.30. The quantitative estimate of drug-likeness (QED) is 0.401. The molecule has 32 heavy (non-hydrogen) atoms. The lowest BCUT2D eigenvalue weighted by Gasteiger charge is -2.15. The number of nitro groups is 1. The van der Waals surface area contributed by atoms with E-state index < -0.39 is 20.9 Å². The van der Waals surface area contributed by atoms with Gasteiger partial charge in [0.1, 0.15) is 5.02 Å². The standard InChI is InChI=1S/C20H17ClN4O5S2/c21-16-8-5-14(11-18(16)25(27)28)19(26)23-20-22-17(12-31-20)13-3-6-15(7-4-13)32(29,30)24-9-1-2-10-24/h3-8,11-12H,1-2,9-10H2,(H,22,23,26). The Morgan fingerprint density at radius 2 is 1.84 bits per heavy atom. The minimum Gasteiger partial charge on any atom is -0.298 e. The minimum absolute atomic E-state index is 0.0572. The molecule has 1 aromatic heterocycles. The van der Waals surface area contributed by atoms with Crippen LogP contribution in [-0.2, 0) is 10.0 Å². The molecule has 2 aromatic carbocycles. The monoisotopic (exact) mass is 492 g/mol. The Morgan fingerprint density at radius 3 is 2.50 bits per heavy atom. The molecule has 0 unspecified atom stereocenters. The van der Waals surface area contributed by atoms with Crippen LogP contribution in [0.15, 0.2) is 52.7 Å². The number of benzene rings is 2. The second-order valence-electron chi connectivity index (χ2n) is 7.05. The predicted molar refractivity (Wildman–Crippen MR) is 122 cm³/mol. The number of halogens is 1. The molecule has 12 heteroatoms. The molecule has 9 nitrogen and oxygen atoms in total. The molecule has 0 radical (unpaired) electrons. The summed E-state index contributed by atoms with van der Waals surface area (Å²) in [5.41, 5.74) is 0.985. The molecule has 0 saturated carbocycles. The van der Waals surface area contributed by atoms with Crippen LogP contribution in [0.4, 0.5) is 10.8 Å². The highest BCUT2D eigenvalue weighted by atomic mass is 35.5. The van der Waals surface area contributed by atoms with E-state index in [4.69, 9.17) is 11.6 Å². The van der Waals surface area contributed by atoms with Gasteiger partial charge >= 0.3 is 0 Å². The summed E-state index contributed by atoms with van der Waals surface area (Å²) >= 11 is 6.96. The number of nitro benzene ring substituents is 1. The van der Waals surface area contributed by atoms with Crippen molar-refractivity contribution in [3.8, 4) is 11.3 Å². The summed E-state index contributed by atoms with van der Waals surface area (Å²) in [6, 6.07) is 10.2. The van der Waals surface area contributed by atoms with E-state index in [1.807, 2.05) is 0 Å². The van der Waals surface area contributed by atoms with Crippen LogP contribution in [0.25, 0.3) is 11.3 Å². The summed E-state index contributed by atoms with van der Waals surface area (Å²) in [5.74, 6) is -0.558. The molecule has 1 N–H and O–H groups in total. The van der Waals surface area contributed by atoms with Crippen molar-refractivity contribution in [2.75, 3.05) is 18.4 Å². The normalized spacial score (nSPS) is 14.4. The van der Waals surface area contributed by atoms with Crippen molar-refractivity contribution in [2.24, 2.45) is 0 Å². The number of sulfonamides is 1. The molecule has 1 amide bonds. The van der Waals surface area contributed by atoms with E-state index in [1.165, 1.54) is 27.8 Å². The molecule has 0 aliphatic carbocycles. The maximum atomic E-state index is 12.6. The molecule has 1 aliphatic rings. The number of carbonyl (C=O) groups excluding carboxylic acids is 1. The zero-order valence-electron chi connectivity index (χ0n) is 16.5. The van der Waals surface area contributed by atoms with Crippen LogP contribution < -0.4 is 5.32 Å². The largest absolute Gasteiger partial charge is 0.298 e. The van der Waals surface area contributed by atoms with Crippen molar-refractivity contribution in [2.45, 2.75) is 17.7 Å². The van der Waals surface area contributed by atoms with E-state index >= 15 is 0 Å². The summed E-state index contributed by atoms with van der Waals surface area (Å²) in [6.45, 7) is 1.08. The van der Waals surface area contributed by atoms with Crippen LogP contribution in [0.3, 0.4) is 0 Å². The summed E-state index contributed by atoms with van der Waals surface area (Å²) in [5, 5.41) is 15.6. The number of hydrogen-bond donors (Lipinski definition) is 1. The predicted octanol–water partition coefficient (Wildman–Crippen LogP) is 4.41. The first-order valence-corrected chi connectivity index (χ1v) is 12.3. The Hall–Kier alpha value is -2.86. The molecule has 4 rings (SSSR count). The summed E-state index contributed by atoms with van der Waals surface area (Å²) in [4.78, 5) is 27.4.